The largest absolute Gasteiger partial charge is 0.122 e. The molecular formula is C20H37P. The molecule has 0 radical (unpaired) electrons. The zero-order valence-electron chi connectivity index (χ0n) is 14.4. The Labute approximate surface area is 135 Å². The molecule has 0 aliphatic heterocycles. The molecule has 21 heavy (non-hydrogen) atoms. The van der Waals surface area contributed by atoms with Crippen LogP contribution < -0.4 is 0 Å². The Bertz CT molecular complexity index is 289. The van der Waals surface area contributed by atoms with Gasteiger partial charge in [-0.05, 0) is 106 Å². The van der Waals surface area contributed by atoms with Gasteiger partial charge in [-0.2, -0.15) is 0 Å². The lowest BCUT2D eigenvalue weighted by atomic mass is 9.66. The Hall–Kier alpha value is 0.430. The van der Waals surface area contributed by atoms with Crippen LogP contribution in [0.1, 0.15) is 84.0 Å². The van der Waals surface area contributed by atoms with Gasteiger partial charge < -0.3 is 0 Å². The lowest BCUT2D eigenvalue weighted by molar-refractivity contribution is 0.115. The molecule has 1 unspecified atom stereocenters. The van der Waals surface area contributed by atoms with Crippen LogP contribution in [0.2, 0.25) is 0 Å². The van der Waals surface area contributed by atoms with Crippen molar-refractivity contribution >= 4 is 8.58 Å². The van der Waals surface area contributed by atoms with Crippen LogP contribution in [0.4, 0.5) is 0 Å². The number of hydrogen-bond acceptors (Lipinski definition) is 0. The fourth-order valence-corrected chi connectivity index (χ4v) is 6.64. The minimum Gasteiger partial charge on any atom is -0.122 e. The van der Waals surface area contributed by atoms with Crippen molar-refractivity contribution in [2.45, 2.75) is 89.6 Å². The Morgan fingerprint density at radius 2 is 0.857 bits per heavy atom. The maximum atomic E-state index is 2.46. The fraction of sp³-hybridized carbons (Fsp3) is 1.00. The fourth-order valence-electron chi connectivity index (χ4n) is 5.72. The van der Waals surface area contributed by atoms with E-state index in [0.29, 0.717) is 0 Å². The molecule has 3 fully saturated rings. The van der Waals surface area contributed by atoms with E-state index in [2.05, 4.69) is 13.6 Å². The summed E-state index contributed by atoms with van der Waals surface area (Å²) < 4.78 is 0. The second kappa shape index (κ2) is 7.81. The van der Waals surface area contributed by atoms with E-state index < -0.39 is 0 Å². The minimum atomic E-state index is 1.02. The van der Waals surface area contributed by atoms with Crippen molar-refractivity contribution < 1.29 is 0 Å². The summed E-state index contributed by atoms with van der Waals surface area (Å²) in [6.07, 6.45) is 18.7. The topological polar surface area (TPSA) is 0 Å². The summed E-state index contributed by atoms with van der Waals surface area (Å²) in [6.45, 7) is 4.88. The normalized spacial score (nSPS) is 46.0. The molecule has 1 atom stereocenters. The molecule has 3 aliphatic rings. The summed E-state index contributed by atoms with van der Waals surface area (Å²) in [5.41, 5.74) is 1.10. The molecule has 0 aromatic carbocycles. The van der Waals surface area contributed by atoms with Gasteiger partial charge >= 0.3 is 0 Å². The van der Waals surface area contributed by atoms with Gasteiger partial charge in [0.05, 0.1) is 0 Å². The van der Waals surface area contributed by atoms with Gasteiger partial charge in [-0.3, -0.25) is 0 Å². The lowest BCUT2D eigenvalue weighted by Crippen LogP contribution is -2.29. The molecule has 0 spiro atoms. The first kappa shape index (κ1) is 16.3. The van der Waals surface area contributed by atoms with Crippen LogP contribution in [0.25, 0.3) is 0 Å². The van der Waals surface area contributed by atoms with Gasteiger partial charge in [0.1, 0.15) is 0 Å². The standard InChI is InChI=1S/C20H37P/c1-15-3-5-16(6-4-15)17-7-9-18(10-8-17)19-11-13-20(21-2)14-12-19/h15-21H,3-14H2,1-2H3. The monoisotopic (exact) mass is 308 g/mol. The zero-order chi connectivity index (χ0) is 14.7. The highest BCUT2D eigenvalue weighted by molar-refractivity contribution is 7.37. The predicted molar refractivity (Wildman–Crippen MR) is 96.6 cm³/mol. The molecule has 0 nitrogen and oxygen atoms in total. The first-order valence-corrected chi connectivity index (χ1v) is 11.5. The van der Waals surface area contributed by atoms with Gasteiger partial charge in [0.15, 0.2) is 0 Å². The molecule has 3 saturated carbocycles. The van der Waals surface area contributed by atoms with Crippen LogP contribution in [0, 0.1) is 29.6 Å². The van der Waals surface area contributed by atoms with E-state index in [4.69, 9.17) is 0 Å². The van der Waals surface area contributed by atoms with Gasteiger partial charge in [0.25, 0.3) is 0 Å². The van der Waals surface area contributed by atoms with Gasteiger partial charge in [-0.25, -0.2) is 0 Å². The molecule has 0 amide bonds. The van der Waals surface area contributed by atoms with Gasteiger partial charge in [-0.15, -0.1) is 8.58 Å². The lowest BCUT2D eigenvalue weighted by Gasteiger charge is -2.41. The van der Waals surface area contributed by atoms with E-state index in [-0.39, 0.29) is 0 Å². The van der Waals surface area contributed by atoms with Gasteiger partial charge in [-0.1, -0.05) is 19.8 Å². The molecule has 122 valence electrons. The van der Waals surface area contributed by atoms with Gasteiger partial charge in [0.2, 0.25) is 0 Å². The highest BCUT2D eigenvalue weighted by Gasteiger charge is 2.33. The number of rotatable bonds is 3. The second-order valence-electron chi connectivity index (χ2n) is 8.60. The average Bonchev–Trinajstić information content (AvgIpc) is 2.56. The minimum absolute atomic E-state index is 1.02. The van der Waals surface area contributed by atoms with Crippen LogP contribution in [0.3, 0.4) is 0 Å². The molecule has 0 heterocycles. The second-order valence-corrected chi connectivity index (χ2v) is 9.99. The van der Waals surface area contributed by atoms with Crippen LogP contribution >= 0.6 is 8.58 Å². The predicted octanol–water partition coefficient (Wildman–Crippen LogP) is 6.49. The third-order valence-corrected chi connectivity index (χ3v) is 8.78. The summed E-state index contributed by atoms with van der Waals surface area (Å²) in [4.78, 5) is 0. The molecule has 0 aromatic rings. The van der Waals surface area contributed by atoms with Crippen LogP contribution in [-0.4, -0.2) is 12.3 Å². The maximum Gasteiger partial charge on any atom is -0.0239 e. The first-order valence-electron chi connectivity index (χ1n) is 9.93. The highest BCUT2D eigenvalue weighted by atomic mass is 31.1. The van der Waals surface area contributed by atoms with Crippen molar-refractivity contribution in [2.75, 3.05) is 6.66 Å². The molecule has 3 rings (SSSR count). The highest BCUT2D eigenvalue weighted by Crippen LogP contribution is 2.46. The van der Waals surface area contributed by atoms with Crippen molar-refractivity contribution in [3.63, 3.8) is 0 Å². The van der Waals surface area contributed by atoms with Crippen molar-refractivity contribution in [1.29, 1.82) is 0 Å². The maximum absolute atomic E-state index is 2.46. The SMILES string of the molecule is CPC1CCC(C2CCC(C3CCC(C)CC3)CC2)CC1. The van der Waals surface area contributed by atoms with Crippen molar-refractivity contribution in [1.82, 2.24) is 0 Å². The molecule has 3 aliphatic carbocycles. The summed E-state index contributed by atoms with van der Waals surface area (Å²) >= 11 is 0. The van der Waals surface area contributed by atoms with Crippen molar-refractivity contribution in [3.05, 3.63) is 0 Å². The van der Waals surface area contributed by atoms with E-state index in [0.717, 1.165) is 35.2 Å². The molecule has 0 N–H and O–H groups in total. The van der Waals surface area contributed by atoms with E-state index >= 15 is 0 Å². The molecule has 0 saturated heterocycles. The first-order chi connectivity index (χ1) is 10.3. The van der Waals surface area contributed by atoms with E-state index in [1.54, 1.807) is 64.2 Å². The zero-order valence-corrected chi connectivity index (χ0v) is 15.4. The average molecular weight is 308 g/mol. The molecule has 1 heteroatoms. The summed E-state index contributed by atoms with van der Waals surface area (Å²) in [6, 6.07) is 0. The van der Waals surface area contributed by atoms with E-state index in [1.807, 2.05) is 0 Å². The van der Waals surface area contributed by atoms with Crippen molar-refractivity contribution in [3.8, 4) is 0 Å². The van der Waals surface area contributed by atoms with Crippen LogP contribution in [-0.2, 0) is 0 Å². The Kier molecular flexibility index (Phi) is 6.06. The van der Waals surface area contributed by atoms with E-state index in [9.17, 15) is 0 Å². The summed E-state index contributed by atoms with van der Waals surface area (Å²) in [5.74, 6) is 5.48. The Morgan fingerprint density at radius 3 is 1.24 bits per heavy atom. The molecule has 0 bridgehead atoms. The quantitative estimate of drug-likeness (QED) is 0.523. The van der Waals surface area contributed by atoms with Gasteiger partial charge in [0, 0.05) is 0 Å². The van der Waals surface area contributed by atoms with Crippen LogP contribution in [0.5, 0.6) is 0 Å². The molecular weight excluding hydrogens is 271 g/mol. The Morgan fingerprint density at radius 1 is 0.524 bits per heavy atom. The smallest absolute Gasteiger partial charge is 0.0239 e. The van der Waals surface area contributed by atoms with Crippen LogP contribution in [0.15, 0.2) is 0 Å². The van der Waals surface area contributed by atoms with E-state index in [1.165, 1.54) is 21.4 Å². The Balaban J connectivity index is 1.41. The third-order valence-electron chi connectivity index (χ3n) is 7.39. The third kappa shape index (κ3) is 4.25. The number of hydrogen-bond donors (Lipinski definition) is 0. The summed E-state index contributed by atoms with van der Waals surface area (Å²) in [7, 11) is 1.20. The van der Waals surface area contributed by atoms with Crippen molar-refractivity contribution in [2.24, 2.45) is 29.6 Å². The molecule has 0 aromatic heterocycles. The summed E-state index contributed by atoms with van der Waals surface area (Å²) in [5, 5.41) is 0.